The molecule has 8 atom stereocenters. The molecule has 0 aromatic heterocycles. The van der Waals surface area contributed by atoms with Crippen LogP contribution in [0, 0.1) is 16.7 Å². The number of aliphatic hydroxyl groups excluding tert-OH is 5. The molecule has 0 bridgehead atoms. The van der Waals surface area contributed by atoms with Gasteiger partial charge in [-0.05, 0) is 68.4 Å². The zero-order chi connectivity index (χ0) is 26.7. The van der Waals surface area contributed by atoms with E-state index in [4.69, 9.17) is 9.47 Å². The lowest BCUT2D eigenvalue weighted by atomic mass is 9.48. The zero-order valence-electron chi connectivity index (χ0n) is 22.0. The van der Waals surface area contributed by atoms with Gasteiger partial charge in [0.15, 0.2) is 12.1 Å². The molecular formula is C28H44O8. The van der Waals surface area contributed by atoms with E-state index in [1.54, 1.807) is 12.2 Å². The largest absolute Gasteiger partial charge is 0.396 e. The molecule has 3 rings (SSSR count). The van der Waals surface area contributed by atoms with E-state index in [-0.39, 0.29) is 36.9 Å². The highest BCUT2D eigenvalue weighted by Gasteiger charge is 2.57. The van der Waals surface area contributed by atoms with Gasteiger partial charge in [0.1, 0.15) is 18.3 Å². The summed E-state index contributed by atoms with van der Waals surface area (Å²) in [5, 5.41) is 50.5. The van der Waals surface area contributed by atoms with Gasteiger partial charge < -0.3 is 35.0 Å². The van der Waals surface area contributed by atoms with E-state index in [2.05, 4.69) is 13.8 Å². The molecule has 2 fully saturated rings. The number of fused-ring (bicyclic) bond motifs is 1. The third-order valence-corrected chi connectivity index (χ3v) is 8.60. The van der Waals surface area contributed by atoms with Crippen LogP contribution in [0.4, 0.5) is 0 Å². The van der Waals surface area contributed by atoms with Crippen molar-refractivity contribution < 1.29 is 39.8 Å². The average molecular weight is 509 g/mol. The van der Waals surface area contributed by atoms with E-state index in [1.165, 1.54) is 12.5 Å². The predicted octanol–water partition coefficient (Wildman–Crippen LogP) is 2.18. The summed E-state index contributed by atoms with van der Waals surface area (Å²) in [5.74, 6) is -0.162. The highest BCUT2D eigenvalue weighted by atomic mass is 16.7. The molecule has 8 heteroatoms. The van der Waals surface area contributed by atoms with Gasteiger partial charge >= 0.3 is 0 Å². The first-order chi connectivity index (χ1) is 17.0. The SMILES string of the molecule is CC(=O)C=CC1=C(CCC(C)=CCO)C2(C)CCCC(C)(CO)C2C(OC2OCC(O)C(O)C2O)C1. The number of hydrogen-bond donors (Lipinski definition) is 5. The van der Waals surface area contributed by atoms with Crippen molar-refractivity contribution >= 4 is 5.78 Å². The number of rotatable bonds is 9. The van der Waals surface area contributed by atoms with Crippen molar-refractivity contribution in [3.05, 3.63) is 34.9 Å². The van der Waals surface area contributed by atoms with Crippen LogP contribution in [-0.2, 0) is 14.3 Å². The second-order valence-electron chi connectivity index (χ2n) is 11.4. The number of carbonyl (C=O) groups excluding carboxylic acids is 1. The molecule has 0 aromatic rings. The van der Waals surface area contributed by atoms with Crippen LogP contribution in [0.3, 0.4) is 0 Å². The molecular weight excluding hydrogens is 464 g/mol. The molecule has 204 valence electrons. The summed E-state index contributed by atoms with van der Waals surface area (Å²) in [6.45, 7) is 7.61. The molecule has 0 aromatic carbocycles. The first-order valence-corrected chi connectivity index (χ1v) is 13.1. The lowest BCUT2D eigenvalue weighted by Crippen LogP contribution is -2.59. The third-order valence-electron chi connectivity index (χ3n) is 8.60. The first kappa shape index (κ1) is 29.2. The number of carbonyl (C=O) groups is 1. The highest BCUT2D eigenvalue weighted by Crippen LogP contribution is 2.61. The van der Waals surface area contributed by atoms with Crippen molar-refractivity contribution in [1.82, 2.24) is 0 Å². The summed E-state index contributed by atoms with van der Waals surface area (Å²) in [7, 11) is 0. The van der Waals surface area contributed by atoms with Crippen LogP contribution in [0.1, 0.15) is 66.2 Å². The molecule has 1 heterocycles. The number of ether oxygens (including phenoxy) is 2. The second kappa shape index (κ2) is 12.0. The van der Waals surface area contributed by atoms with Crippen LogP contribution in [0.15, 0.2) is 34.9 Å². The fourth-order valence-corrected chi connectivity index (χ4v) is 6.75. The third kappa shape index (κ3) is 6.01. The molecule has 36 heavy (non-hydrogen) atoms. The van der Waals surface area contributed by atoms with Crippen LogP contribution in [0.5, 0.6) is 0 Å². The summed E-state index contributed by atoms with van der Waals surface area (Å²) in [4.78, 5) is 11.8. The van der Waals surface area contributed by atoms with E-state index >= 15 is 0 Å². The molecule has 0 spiro atoms. The average Bonchev–Trinajstić information content (AvgIpc) is 2.82. The maximum Gasteiger partial charge on any atom is 0.186 e. The maximum absolute atomic E-state index is 11.8. The minimum absolute atomic E-state index is 0.00929. The quantitative estimate of drug-likeness (QED) is 0.236. The standard InChI is InChI=1S/C28H44O8/c1-17(10-13-29)6-9-20-19(8-7-18(2)31)14-22(36-26-24(34)23(33)21(32)15-35-26)25-27(3,16-30)11-5-12-28(20,25)4/h7-8,10,21-26,29-30,32-34H,5-6,9,11-16H2,1-4H3. The molecule has 8 nitrogen and oxygen atoms in total. The van der Waals surface area contributed by atoms with Crippen molar-refractivity contribution in [3.63, 3.8) is 0 Å². The van der Waals surface area contributed by atoms with Gasteiger partial charge in [-0.3, -0.25) is 4.79 Å². The topological polar surface area (TPSA) is 137 Å². The Labute approximate surface area is 214 Å². The Morgan fingerprint density at radius 3 is 2.50 bits per heavy atom. The number of allylic oxidation sites excluding steroid dienone is 4. The zero-order valence-corrected chi connectivity index (χ0v) is 22.0. The Bertz CT molecular complexity index is 879. The van der Waals surface area contributed by atoms with Gasteiger partial charge in [0.2, 0.25) is 0 Å². The molecule has 1 saturated heterocycles. The van der Waals surface area contributed by atoms with Crippen molar-refractivity contribution in [2.45, 2.75) is 96.9 Å². The second-order valence-corrected chi connectivity index (χ2v) is 11.4. The Morgan fingerprint density at radius 1 is 1.14 bits per heavy atom. The van der Waals surface area contributed by atoms with Gasteiger partial charge in [-0.2, -0.15) is 0 Å². The summed E-state index contributed by atoms with van der Waals surface area (Å²) in [5.41, 5.74) is 2.54. The highest BCUT2D eigenvalue weighted by molar-refractivity contribution is 5.87. The molecule has 0 radical (unpaired) electrons. The lowest BCUT2D eigenvalue weighted by molar-refractivity contribution is -0.297. The van der Waals surface area contributed by atoms with Crippen molar-refractivity contribution in [3.8, 4) is 0 Å². The van der Waals surface area contributed by atoms with Gasteiger partial charge in [0.25, 0.3) is 0 Å². The Balaban J connectivity index is 2.06. The van der Waals surface area contributed by atoms with E-state index in [1.807, 2.05) is 13.0 Å². The van der Waals surface area contributed by atoms with Gasteiger partial charge in [-0.25, -0.2) is 0 Å². The Morgan fingerprint density at radius 2 is 1.86 bits per heavy atom. The normalized spacial score (nSPS) is 40.0. The summed E-state index contributed by atoms with van der Waals surface area (Å²) in [6, 6.07) is 0. The van der Waals surface area contributed by atoms with Crippen LogP contribution < -0.4 is 0 Å². The van der Waals surface area contributed by atoms with Crippen molar-refractivity contribution in [2.24, 2.45) is 16.7 Å². The van der Waals surface area contributed by atoms with Gasteiger partial charge in [0.05, 0.1) is 19.3 Å². The summed E-state index contributed by atoms with van der Waals surface area (Å²) >= 11 is 0. The number of aliphatic hydroxyl groups is 5. The summed E-state index contributed by atoms with van der Waals surface area (Å²) in [6.07, 6.45) is 4.34. The molecule has 5 N–H and O–H groups in total. The monoisotopic (exact) mass is 508 g/mol. The number of hydrogen-bond acceptors (Lipinski definition) is 8. The minimum atomic E-state index is -1.41. The molecule has 0 amide bonds. The fourth-order valence-electron chi connectivity index (χ4n) is 6.75. The maximum atomic E-state index is 11.8. The van der Waals surface area contributed by atoms with Gasteiger partial charge in [-0.1, -0.05) is 43.6 Å². The van der Waals surface area contributed by atoms with E-state index < -0.39 is 36.1 Å². The minimum Gasteiger partial charge on any atom is -0.396 e. The van der Waals surface area contributed by atoms with E-state index in [0.717, 1.165) is 43.3 Å². The van der Waals surface area contributed by atoms with Crippen molar-refractivity contribution in [1.29, 1.82) is 0 Å². The molecule has 1 saturated carbocycles. The lowest BCUT2D eigenvalue weighted by Gasteiger charge is -2.59. The molecule has 8 unspecified atom stereocenters. The Kier molecular flexibility index (Phi) is 9.71. The molecule has 3 aliphatic rings. The number of ketones is 1. The van der Waals surface area contributed by atoms with Crippen LogP contribution >= 0.6 is 0 Å². The molecule has 2 aliphatic carbocycles. The fraction of sp³-hybridized carbons (Fsp3) is 0.750. The van der Waals surface area contributed by atoms with Gasteiger partial charge in [0, 0.05) is 12.5 Å². The van der Waals surface area contributed by atoms with E-state index in [0.29, 0.717) is 6.42 Å². The first-order valence-electron chi connectivity index (χ1n) is 13.1. The molecule has 1 aliphatic heterocycles. The van der Waals surface area contributed by atoms with Crippen LogP contribution in [0.2, 0.25) is 0 Å². The Hall–Kier alpha value is -1.39. The van der Waals surface area contributed by atoms with E-state index in [9.17, 15) is 30.3 Å². The predicted molar refractivity (Wildman–Crippen MR) is 135 cm³/mol. The van der Waals surface area contributed by atoms with Crippen molar-refractivity contribution in [2.75, 3.05) is 19.8 Å². The van der Waals surface area contributed by atoms with Crippen LogP contribution in [-0.4, -0.2) is 81.8 Å². The van der Waals surface area contributed by atoms with Gasteiger partial charge in [-0.15, -0.1) is 0 Å². The van der Waals surface area contributed by atoms with Crippen LogP contribution in [0.25, 0.3) is 0 Å². The summed E-state index contributed by atoms with van der Waals surface area (Å²) < 4.78 is 12.0. The smallest absolute Gasteiger partial charge is 0.186 e.